The first-order valence-electron chi connectivity index (χ1n) is 7.50. The second-order valence-corrected chi connectivity index (χ2v) is 5.78. The third kappa shape index (κ3) is 4.64. The van der Waals surface area contributed by atoms with Gasteiger partial charge >= 0.3 is 0 Å². The zero-order valence-electron chi connectivity index (χ0n) is 13.5. The number of amides is 1. The Labute approximate surface area is 134 Å². The number of carbonyl (C=O) groups is 1. The summed E-state index contributed by atoms with van der Waals surface area (Å²) in [6.45, 7) is 5.76. The highest BCUT2D eigenvalue weighted by molar-refractivity contribution is 5.93. The van der Waals surface area contributed by atoms with E-state index in [0.717, 1.165) is 18.0 Å². The monoisotopic (exact) mass is 324 g/mol. The summed E-state index contributed by atoms with van der Waals surface area (Å²) in [5, 5.41) is 13.6. The molecule has 8 nitrogen and oxygen atoms in total. The number of nitrogens with zero attached hydrogens (tertiary/aromatic N) is 1. The molecule has 1 fully saturated rings. The van der Waals surface area contributed by atoms with Crippen LogP contribution in [-0.2, 0) is 9.53 Å². The fraction of sp³-hybridized carbons (Fsp3) is 0.533. The molecule has 1 saturated heterocycles. The summed E-state index contributed by atoms with van der Waals surface area (Å²) >= 11 is 0. The lowest BCUT2D eigenvalue weighted by atomic mass is 10.2. The van der Waals surface area contributed by atoms with E-state index in [4.69, 9.17) is 9.47 Å². The molecule has 1 aromatic carbocycles. The van der Waals surface area contributed by atoms with Crippen LogP contribution in [-0.4, -0.2) is 49.8 Å². The highest BCUT2D eigenvalue weighted by Gasteiger charge is 2.27. The number of hydrogen-bond donors (Lipinski definition) is 2. The Morgan fingerprint density at radius 2 is 2.09 bits per heavy atom. The predicted octanol–water partition coefficient (Wildman–Crippen LogP) is 0.234. The molecule has 0 aromatic heterocycles. The van der Waals surface area contributed by atoms with Gasteiger partial charge in [0.1, 0.15) is 31.0 Å². The van der Waals surface area contributed by atoms with E-state index in [9.17, 15) is 14.9 Å². The van der Waals surface area contributed by atoms with Crippen LogP contribution in [0, 0.1) is 10.1 Å². The molecule has 2 N–H and O–H groups in total. The summed E-state index contributed by atoms with van der Waals surface area (Å²) in [5.74, 6) is 0.183. The molecule has 0 unspecified atom stereocenters. The van der Waals surface area contributed by atoms with Gasteiger partial charge < -0.3 is 19.7 Å². The molecule has 2 atom stereocenters. The van der Waals surface area contributed by atoms with Crippen molar-refractivity contribution in [2.75, 3.05) is 32.1 Å². The Morgan fingerprint density at radius 1 is 1.43 bits per heavy atom. The van der Waals surface area contributed by atoms with Crippen LogP contribution in [0.1, 0.15) is 13.8 Å². The molecule has 0 bridgehead atoms. The molecule has 1 aliphatic heterocycles. The lowest BCUT2D eigenvalue weighted by Gasteiger charge is -2.31. The maximum absolute atomic E-state index is 12.2. The molecule has 1 heterocycles. The van der Waals surface area contributed by atoms with Crippen molar-refractivity contribution in [2.24, 2.45) is 0 Å². The van der Waals surface area contributed by atoms with Gasteiger partial charge in [0.05, 0.1) is 17.7 Å². The van der Waals surface area contributed by atoms with Crippen molar-refractivity contribution in [3.05, 3.63) is 28.3 Å². The molecule has 1 aliphatic rings. The van der Waals surface area contributed by atoms with Crippen molar-refractivity contribution in [3.8, 4) is 5.75 Å². The molecule has 126 valence electrons. The van der Waals surface area contributed by atoms with Crippen molar-refractivity contribution in [3.63, 3.8) is 0 Å². The lowest BCUT2D eigenvalue weighted by Crippen LogP contribution is -3.16. The van der Waals surface area contributed by atoms with Crippen LogP contribution in [0.4, 0.5) is 11.4 Å². The number of rotatable bonds is 5. The van der Waals surface area contributed by atoms with Gasteiger partial charge in [-0.15, -0.1) is 0 Å². The highest BCUT2D eigenvalue weighted by Crippen LogP contribution is 2.28. The maximum Gasteiger partial charge on any atom is 0.279 e. The summed E-state index contributed by atoms with van der Waals surface area (Å²) in [7, 11) is 1.45. The van der Waals surface area contributed by atoms with Gasteiger partial charge in [0.2, 0.25) is 0 Å². The smallest absolute Gasteiger partial charge is 0.279 e. The molecular weight excluding hydrogens is 302 g/mol. The summed E-state index contributed by atoms with van der Waals surface area (Å²) in [6.07, 6.45) is 0.211. The van der Waals surface area contributed by atoms with Gasteiger partial charge in [0, 0.05) is 12.1 Å². The minimum atomic E-state index is -0.508. The topological polar surface area (TPSA) is 95.1 Å². The quantitative estimate of drug-likeness (QED) is 0.597. The van der Waals surface area contributed by atoms with Crippen LogP contribution in [0.2, 0.25) is 0 Å². The summed E-state index contributed by atoms with van der Waals surface area (Å²) in [6, 6.07) is 4.11. The molecule has 1 aromatic rings. The van der Waals surface area contributed by atoms with Gasteiger partial charge in [0.15, 0.2) is 6.54 Å². The molecule has 8 heteroatoms. The molecule has 1 amide bonds. The number of benzene rings is 1. The Hall–Kier alpha value is -2.19. The van der Waals surface area contributed by atoms with Crippen LogP contribution in [0.15, 0.2) is 18.2 Å². The number of quaternary nitrogens is 1. The van der Waals surface area contributed by atoms with Crippen molar-refractivity contribution < 1.29 is 24.1 Å². The van der Waals surface area contributed by atoms with Crippen LogP contribution >= 0.6 is 0 Å². The van der Waals surface area contributed by atoms with E-state index in [1.165, 1.54) is 25.3 Å². The van der Waals surface area contributed by atoms with Crippen LogP contribution in [0.25, 0.3) is 0 Å². The molecule has 2 rings (SSSR count). The van der Waals surface area contributed by atoms with Crippen molar-refractivity contribution in [1.29, 1.82) is 0 Å². The van der Waals surface area contributed by atoms with Gasteiger partial charge in [-0.1, -0.05) is 0 Å². The minimum absolute atomic E-state index is 0.0953. The molecule has 0 radical (unpaired) electrons. The number of nitro groups is 1. The lowest BCUT2D eigenvalue weighted by molar-refractivity contribution is -0.907. The van der Waals surface area contributed by atoms with Gasteiger partial charge in [-0.3, -0.25) is 14.9 Å². The number of morpholine rings is 1. The minimum Gasteiger partial charge on any atom is -0.495 e. The first kappa shape index (κ1) is 17.2. The number of nitrogens with one attached hydrogen (secondary N) is 2. The second-order valence-electron chi connectivity index (χ2n) is 5.78. The van der Waals surface area contributed by atoms with Crippen LogP contribution in [0.3, 0.4) is 0 Å². The standard InChI is InChI=1S/C15H21N3O5/c1-10-7-17(8-11(2)23-10)9-15(19)16-13-6-12(18(20)21)4-5-14(13)22-3/h4-6,10-11H,7-9H2,1-3H3,(H,16,19)/p+1/t10-,11-/m1/s1. The van der Waals surface area contributed by atoms with E-state index in [-0.39, 0.29) is 30.3 Å². The van der Waals surface area contributed by atoms with E-state index >= 15 is 0 Å². The number of methoxy groups -OCH3 is 1. The zero-order chi connectivity index (χ0) is 17.0. The fourth-order valence-corrected chi connectivity index (χ4v) is 2.86. The van der Waals surface area contributed by atoms with E-state index in [1.807, 2.05) is 13.8 Å². The van der Waals surface area contributed by atoms with E-state index < -0.39 is 4.92 Å². The molecule has 0 saturated carbocycles. The summed E-state index contributed by atoms with van der Waals surface area (Å²) < 4.78 is 10.8. The second kappa shape index (κ2) is 7.38. The Morgan fingerprint density at radius 3 is 2.65 bits per heavy atom. The van der Waals surface area contributed by atoms with Crippen molar-refractivity contribution >= 4 is 17.3 Å². The number of ether oxygens (including phenoxy) is 2. The predicted molar refractivity (Wildman–Crippen MR) is 83.9 cm³/mol. The molecule has 23 heavy (non-hydrogen) atoms. The largest absolute Gasteiger partial charge is 0.495 e. The SMILES string of the molecule is COc1ccc([N+](=O)[O-])cc1NC(=O)C[NH+]1C[C@@H](C)O[C@H](C)C1. The number of anilines is 1. The average Bonchev–Trinajstić information content (AvgIpc) is 2.45. The Kier molecular flexibility index (Phi) is 5.51. The number of nitro benzene ring substituents is 1. The molecule has 0 spiro atoms. The van der Waals surface area contributed by atoms with Crippen LogP contribution in [0.5, 0.6) is 5.75 Å². The van der Waals surface area contributed by atoms with E-state index in [0.29, 0.717) is 11.4 Å². The van der Waals surface area contributed by atoms with E-state index in [2.05, 4.69) is 5.32 Å². The van der Waals surface area contributed by atoms with Crippen molar-refractivity contribution in [1.82, 2.24) is 0 Å². The van der Waals surface area contributed by atoms with Crippen LogP contribution < -0.4 is 15.0 Å². The molecule has 0 aliphatic carbocycles. The maximum atomic E-state index is 12.2. The van der Waals surface area contributed by atoms with Crippen molar-refractivity contribution in [2.45, 2.75) is 26.1 Å². The number of hydrogen-bond acceptors (Lipinski definition) is 5. The first-order valence-corrected chi connectivity index (χ1v) is 7.50. The highest BCUT2D eigenvalue weighted by atomic mass is 16.6. The van der Waals surface area contributed by atoms with Gasteiger partial charge in [-0.05, 0) is 19.9 Å². The van der Waals surface area contributed by atoms with Gasteiger partial charge in [-0.2, -0.15) is 0 Å². The summed E-state index contributed by atoms with van der Waals surface area (Å²) in [5.41, 5.74) is 0.211. The number of non-ortho nitro benzene ring substituents is 1. The third-order valence-electron chi connectivity index (χ3n) is 3.70. The normalized spacial score (nSPS) is 24.0. The van der Waals surface area contributed by atoms with E-state index in [1.54, 1.807) is 0 Å². The number of carbonyl (C=O) groups excluding carboxylic acids is 1. The van der Waals surface area contributed by atoms with Gasteiger partial charge in [-0.25, -0.2) is 0 Å². The summed E-state index contributed by atoms with van der Waals surface area (Å²) in [4.78, 5) is 23.7. The Bertz CT molecular complexity index is 582. The molecular formula is C15H22N3O5+. The average molecular weight is 324 g/mol. The third-order valence-corrected chi connectivity index (χ3v) is 3.70. The first-order chi connectivity index (χ1) is 10.9. The Balaban J connectivity index is 2.04. The fourth-order valence-electron chi connectivity index (χ4n) is 2.86. The van der Waals surface area contributed by atoms with Gasteiger partial charge in [0.25, 0.3) is 11.6 Å². The zero-order valence-corrected chi connectivity index (χ0v) is 13.5.